The van der Waals surface area contributed by atoms with Gasteiger partial charge in [0, 0.05) is 43.0 Å². The first-order chi connectivity index (χ1) is 20.5. The molecule has 0 aliphatic carbocycles. The summed E-state index contributed by atoms with van der Waals surface area (Å²) in [6, 6.07) is 27.5. The average molecular weight is 578 g/mol. The van der Waals surface area contributed by atoms with Crippen LogP contribution in [0.1, 0.15) is 0 Å². The van der Waals surface area contributed by atoms with Crippen molar-refractivity contribution in [2.75, 3.05) is 49.1 Å². The summed E-state index contributed by atoms with van der Waals surface area (Å²) in [5, 5.41) is 7.95. The second kappa shape index (κ2) is 12.3. The SMILES string of the molecule is Nc1ccc(-c2cccs2)cc1NC(=O)C1C=NC(N2CCN(C(=O)Nc3ccc(-c4ccccc4)cc3)CC2)=NC1. The van der Waals surface area contributed by atoms with Gasteiger partial charge >= 0.3 is 6.03 Å². The molecule has 0 saturated carbocycles. The van der Waals surface area contributed by atoms with Crippen LogP contribution in [0.15, 0.2) is 100 Å². The number of hydrogen-bond donors (Lipinski definition) is 3. The first-order valence-electron chi connectivity index (χ1n) is 13.8. The van der Waals surface area contributed by atoms with Crippen molar-refractivity contribution in [1.82, 2.24) is 9.80 Å². The fraction of sp³-hybridized carbons (Fsp3) is 0.188. The summed E-state index contributed by atoms with van der Waals surface area (Å²) < 4.78 is 0. The van der Waals surface area contributed by atoms with Crippen molar-refractivity contribution in [2.45, 2.75) is 0 Å². The summed E-state index contributed by atoms with van der Waals surface area (Å²) >= 11 is 1.63. The molecule has 4 aromatic rings. The van der Waals surface area contributed by atoms with E-state index in [0.717, 1.165) is 27.3 Å². The summed E-state index contributed by atoms with van der Waals surface area (Å²) in [7, 11) is 0. The molecule has 1 unspecified atom stereocenters. The van der Waals surface area contributed by atoms with Crippen LogP contribution in [0.4, 0.5) is 21.9 Å². The molecule has 4 N–H and O–H groups in total. The maximum Gasteiger partial charge on any atom is 0.321 e. The van der Waals surface area contributed by atoms with E-state index in [0.29, 0.717) is 50.1 Å². The number of aliphatic imine (C=N–C) groups is 2. The van der Waals surface area contributed by atoms with Crippen LogP contribution in [0.25, 0.3) is 21.6 Å². The lowest BCUT2D eigenvalue weighted by atomic mass is 10.1. The molecule has 2 aliphatic rings. The summed E-state index contributed by atoms with van der Waals surface area (Å²) in [5.74, 6) is -0.0939. The van der Waals surface area contributed by atoms with Gasteiger partial charge in [0.25, 0.3) is 0 Å². The molecule has 1 saturated heterocycles. The molecule has 9 nitrogen and oxygen atoms in total. The van der Waals surface area contributed by atoms with E-state index in [1.165, 1.54) is 0 Å². The standard InChI is InChI=1S/C32H31N7O2S/c33-27-13-10-24(29-7-4-18-42-29)19-28(27)37-30(40)25-20-34-31(35-21-25)38-14-16-39(17-15-38)32(41)36-26-11-8-23(9-12-26)22-5-2-1-3-6-22/h1-13,18-20,25H,14-17,21,33H2,(H,36,41)(H,37,40). The van der Waals surface area contributed by atoms with Crippen LogP contribution in [-0.2, 0) is 4.79 Å². The Kier molecular flexibility index (Phi) is 7.96. The molecule has 0 bridgehead atoms. The summed E-state index contributed by atoms with van der Waals surface area (Å²) in [4.78, 5) is 39.9. The fourth-order valence-electron chi connectivity index (χ4n) is 4.93. The Balaban J connectivity index is 0.983. The van der Waals surface area contributed by atoms with Crippen molar-refractivity contribution < 1.29 is 9.59 Å². The molecule has 0 spiro atoms. The van der Waals surface area contributed by atoms with E-state index in [1.54, 1.807) is 28.5 Å². The van der Waals surface area contributed by atoms with Gasteiger partial charge < -0.3 is 26.2 Å². The molecule has 6 rings (SSSR count). The second-order valence-corrected chi connectivity index (χ2v) is 11.1. The van der Waals surface area contributed by atoms with Crippen LogP contribution >= 0.6 is 11.3 Å². The zero-order chi connectivity index (χ0) is 28.9. The van der Waals surface area contributed by atoms with Crippen molar-refractivity contribution in [1.29, 1.82) is 0 Å². The van der Waals surface area contributed by atoms with Gasteiger partial charge in [-0.25, -0.2) is 14.8 Å². The minimum Gasteiger partial charge on any atom is -0.397 e. The van der Waals surface area contributed by atoms with E-state index in [-0.39, 0.29) is 11.9 Å². The van der Waals surface area contributed by atoms with Crippen molar-refractivity contribution in [3.8, 4) is 21.6 Å². The van der Waals surface area contributed by atoms with Gasteiger partial charge in [0.2, 0.25) is 11.9 Å². The van der Waals surface area contributed by atoms with Gasteiger partial charge in [-0.3, -0.25) is 4.79 Å². The Morgan fingerprint density at radius 3 is 2.26 bits per heavy atom. The lowest BCUT2D eigenvalue weighted by Gasteiger charge is -2.35. The lowest BCUT2D eigenvalue weighted by Crippen LogP contribution is -2.52. The van der Waals surface area contributed by atoms with Crippen LogP contribution in [0.3, 0.4) is 0 Å². The van der Waals surface area contributed by atoms with Crippen LogP contribution in [0, 0.1) is 5.92 Å². The Morgan fingerprint density at radius 2 is 1.57 bits per heavy atom. The number of thiophene rings is 1. The molecule has 212 valence electrons. The fourth-order valence-corrected chi connectivity index (χ4v) is 5.66. The molecule has 1 aromatic heterocycles. The molecule has 1 atom stereocenters. The number of carbonyl (C=O) groups excluding carboxylic acids is 2. The number of anilines is 3. The van der Waals surface area contributed by atoms with E-state index in [9.17, 15) is 9.59 Å². The van der Waals surface area contributed by atoms with E-state index >= 15 is 0 Å². The number of amides is 3. The van der Waals surface area contributed by atoms with Gasteiger partial charge in [0.1, 0.15) is 0 Å². The van der Waals surface area contributed by atoms with Gasteiger partial charge in [-0.2, -0.15) is 0 Å². The number of urea groups is 1. The number of nitrogens with two attached hydrogens (primary N) is 1. The summed E-state index contributed by atoms with van der Waals surface area (Å²) in [5.41, 5.74) is 11.2. The number of nitrogens with one attached hydrogen (secondary N) is 2. The highest BCUT2D eigenvalue weighted by Gasteiger charge is 2.26. The zero-order valence-electron chi connectivity index (χ0n) is 22.9. The molecule has 2 aliphatic heterocycles. The van der Waals surface area contributed by atoms with Crippen LogP contribution in [0.5, 0.6) is 0 Å². The molecular weight excluding hydrogens is 546 g/mol. The monoisotopic (exact) mass is 577 g/mol. The lowest BCUT2D eigenvalue weighted by molar-refractivity contribution is -0.117. The first kappa shape index (κ1) is 27.2. The normalized spacial score (nSPS) is 16.6. The highest BCUT2D eigenvalue weighted by Crippen LogP contribution is 2.30. The largest absolute Gasteiger partial charge is 0.397 e. The zero-order valence-corrected chi connectivity index (χ0v) is 23.8. The number of carbonyl (C=O) groups is 2. The maximum atomic E-state index is 13.0. The molecule has 10 heteroatoms. The molecule has 3 amide bonds. The summed E-state index contributed by atoms with van der Waals surface area (Å²) in [6.45, 7) is 2.62. The minimum absolute atomic E-state index is 0.129. The van der Waals surface area contributed by atoms with E-state index in [1.807, 2.05) is 77.0 Å². The third-order valence-corrected chi connectivity index (χ3v) is 8.26. The second-order valence-electron chi connectivity index (χ2n) is 10.1. The van der Waals surface area contributed by atoms with Crippen molar-refractivity contribution in [2.24, 2.45) is 15.9 Å². The van der Waals surface area contributed by atoms with Gasteiger partial charge in [-0.1, -0.05) is 54.6 Å². The Bertz CT molecular complexity index is 1610. The predicted octanol–water partition coefficient (Wildman–Crippen LogP) is 5.51. The molecule has 3 aromatic carbocycles. The number of rotatable bonds is 5. The first-order valence-corrected chi connectivity index (χ1v) is 14.7. The van der Waals surface area contributed by atoms with E-state index < -0.39 is 5.92 Å². The van der Waals surface area contributed by atoms with Crippen LogP contribution in [-0.4, -0.2) is 66.6 Å². The van der Waals surface area contributed by atoms with Crippen LogP contribution in [0.2, 0.25) is 0 Å². The van der Waals surface area contributed by atoms with Gasteiger partial charge in [-0.05, 0) is 52.4 Å². The van der Waals surface area contributed by atoms with E-state index in [4.69, 9.17) is 5.73 Å². The predicted molar refractivity (Wildman–Crippen MR) is 171 cm³/mol. The Hall–Kier alpha value is -4.96. The molecular formula is C32H31N7O2S. The minimum atomic E-state index is -0.487. The molecule has 3 heterocycles. The van der Waals surface area contributed by atoms with E-state index in [2.05, 4.69) is 32.8 Å². The van der Waals surface area contributed by atoms with Crippen molar-refractivity contribution in [3.63, 3.8) is 0 Å². The number of benzene rings is 3. The molecule has 0 radical (unpaired) electrons. The smallest absolute Gasteiger partial charge is 0.321 e. The number of guanidine groups is 1. The molecule has 42 heavy (non-hydrogen) atoms. The van der Waals surface area contributed by atoms with Gasteiger partial charge in [0.15, 0.2) is 0 Å². The van der Waals surface area contributed by atoms with Crippen molar-refractivity contribution in [3.05, 3.63) is 90.3 Å². The number of nitrogen functional groups attached to an aromatic ring is 1. The van der Waals surface area contributed by atoms with Gasteiger partial charge in [-0.15, -0.1) is 11.3 Å². The van der Waals surface area contributed by atoms with Crippen molar-refractivity contribution >= 4 is 52.5 Å². The average Bonchev–Trinajstić information content (AvgIpc) is 3.58. The highest BCUT2D eigenvalue weighted by atomic mass is 32.1. The maximum absolute atomic E-state index is 13.0. The molecule has 1 fully saturated rings. The third kappa shape index (κ3) is 6.18. The Morgan fingerprint density at radius 1 is 0.833 bits per heavy atom. The Labute approximate surface area is 248 Å². The number of hydrogen-bond acceptors (Lipinski definition) is 7. The number of nitrogens with zero attached hydrogens (tertiary/aromatic N) is 4. The topological polar surface area (TPSA) is 115 Å². The number of piperazine rings is 1. The quantitative estimate of drug-likeness (QED) is 0.271. The van der Waals surface area contributed by atoms with Gasteiger partial charge in [0.05, 0.1) is 23.8 Å². The summed E-state index contributed by atoms with van der Waals surface area (Å²) in [6.07, 6.45) is 1.65. The third-order valence-electron chi connectivity index (χ3n) is 7.35. The van der Waals surface area contributed by atoms with Crippen LogP contribution < -0.4 is 16.4 Å². The highest BCUT2D eigenvalue weighted by molar-refractivity contribution is 7.13.